The smallest absolute Gasteiger partial charge is 0.337 e. The number of aryl methyl sites for hydroxylation is 1. The molecule has 0 N–H and O–H groups in total. The summed E-state index contributed by atoms with van der Waals surface area (Å²) in [4.78, 5) is 11.2. The Labute approximate surface area is 83.9 Å². The second kappa shape index (κ2) is 4.48. The number of methoxy groups -OCH3 is 1. The maximum Gasteiger partial charge on any atom is 0.337 e. The highest BCUT2D eigenvalue weighted by molar-refractivity contribution is 5.89. The summed E-state index contributed by atoms with van der Waals surface area (Å²) < 4.78 is 4.60. The highest BCUT2D eigenvalue weighted by Crippen LogP contribution is 2.12. The number of benzene rings is 1. The maximum atomic E-state index is 11.2. The molecule has 0 radical (unpaired) electrons. The minimum absolute atomic E-state index is 0.357. The number of ether oxygens (including phenoxy) is 1. The van der Waals surface area contributed by atoms with Gasteiger partial charge in [-0.25, -0.2) is 4.79 Å². The molecule has 14 heavy (non-hydrogen) atoms. The molecule has 0 bridgehead atoms. The van der Waals surface area contributed by atoms with Crippen molar-refractivity contribution >= 4 is 5.97 Å². The molecule has 0 saturated heterocycles. The van der Waals surface area contributed by atoms with Crippen molar-refractivity contribution in [3.05, 3.63) is 34.9 Å². The lowest BCUT2D eigenvalue weighted by atomic mass is 10.0. The van der Waals surface area contributed by atoms with Gasteiger partial charge in [0.05, 0.1) is 12.7 Å². The van der Waals surface area contributed by atoms with Crippen LogP contribution in [-0.4, -0.2) is 13.1 Å². The number of rotatable bonds is 2. The van der Waals surface area contributed by atoms with Gasteiger partial charge in [-0.15, -0.1) is 6.42 Å². The van der Waals surface area contributed by atoms with E-state index in [0.29, 0.717) is 5.56 Å². The van der Waals surface area contributed by atoms with E-state index in [-0.39, 0.29) is 5.97 Å². The second-order valence-corrected chi connectivity index (χ2v) is 2.86. The maximum absolute atomic E-state index is 11.2. The van der Waals surface area contributed by atoms with Crippen LogP contribution in [0.5, 0.6) is 0 Å². The highest BCUT2D eigenvalue weighted by Gasteiger charge is 2.07. The Balaban J connectivity index is 3.15. The van der Waals surface area contributed by atoms with Crippen molar-refractivity contribution in [1.82, 2.24) is 0 Å². The number of carbonyl (C=O) groups is 1. The third-order valence-corrected chi connectivity index (χ3v) is 2.07. The number of hydrogen-bond acceptors (Lipinski definition) is 2. The van der Waals surface area contributed by atoms with Crippen LogP contribution in [0.1, 0.15) is 28.4 Å². The zero-order valence-electron chi connectivity index (χ0n) is 8.33. The van der Waals surface area contributed by atoms with E-state index in [0.717, 1.165) is 17.5 Å². The molecule has 1 rings (SSSR count). The van der Waals surface area contributed by atoms with Gasteiger partial charge in [-0.1, -0.05) is 18.9 Å². The molecule has 0 heterocycles. The lowest BCUT2D eigenvalue weighted by Gasteiger charge is -2.04. The lowest BCUT2D eigenvalue weighted by molar-refractivity contribution is 0.0600. The molecule has 0 aliphatic heterocycles. The van der Waals surface area contributed by atoms with Crippen molar-refractivity contribution in [3.8, 4) is 12.3 Å². The van der Waals surface area contributed by atoms with Crippen LogP contribution in [0.4, 0.5) is 0 Å². The zero-order chi connectivity index (χ0) is 10.6. The Kier molecular flexibility index (Phi) is 3.30. The quantitative estimate of drug-likeness (QED) is 0.524. The highest BCUT2D eigenvalue weighted by atomic mass is 16.5. The fourth-order valence-corrected chi connectivity index (χ4v) is 1.26. The van der Waals surface area contributed by atoms with Gasteiger partial charge in [0.2, 0.25) is 0 Å². The third-order valence-electron chi connectivity index (χ3n) is 2.07. The van der Waals surface area contributed by atoms with Crippen molar-refractivity contribution in [3.63, 3.8) is 0 Å². The summed E-state index contributed by atoms with van der Waals surface area (Å²) in [6.45, 7) is 2.02. The second-order valence-electron chi connectivity index (χ2n) is 2.86. The first-order valence-electron chi connectivity index (χ1n) is 4.40. The SMILES string of the molecule is C#Cc1cc(C(=O)OC)ccc1CC. The van der Waals surface area contributed by atoms with Crippen LogP contribution >= 0.6 is 0 Å². The molecule has 2 nitrogen and oxygen atoms in total. The Morgan fingerprint density at radius 3 is 2.79 bits per heavy atom. The van der Waals surface area contributed by atoms with Crippen LogP contribution in [0.3, 0.4) is 0 Å². The summed E-state index contributed by atoms with van der Waals surface area (Å²) >= 11 is 0. The predicted octanol–water partition coefficient (Wildman–Crippen LogP) is 2.02. The number of hydrogen-bond donors (Lipinski definition) is 0. The van der Waals surface area contributed by atoms with Crippen LogP contribution in [0, 0.1) is 12.3 Å². The van der Waals surface area contributed by atoms with E-state index in [1.165, 1.54) is 7.11 Å². The van der Waals surface area contributed by atoms with E-state index in [1.54, 1.807) is 12.1 Å². The van der Waals surface area contributed by atoms with Crippen LogP contribution in [0.2, 0.25) is 0 Å². The van der Waals surface area contributed by atoms with Gasteiger partial charge in [0, 0.05) is 5.56 Å². The number of terminal acetylenes is 1. The van der Waals surface area contributed by atoms with Gasteiger partial charge in [0.1, 0.15) is 0 Å². The first-order valence-corrected chi connectivity index (χ1v) is 4.40. The molecule has 0 unspecified atom stereocenters. The molecule has 0 aliphatic rings. The van der Waals surface area contributed by atoms with Crippen molar-refractivity contribution in [1.29, 1.82) is 0 Å². The third kappa shape index (κ3) is 1.94. The Hall–Kier alpha value is -1.75. The predicted molar refractivity (Wildman–Crippen MR) is 55.1 cm³/mol. The van der Waals surface area contributed by atoms with E-state index in [1.807, 2.05) is 13.0 Å². The average Bonchev–Trinajstić information content (AvgIpc) is 2.26. The number of carbonyl (C=O) groups excluding carboxylic acids is 1. The van der Waals surface area contributed by atoms with Crippen LogP contribution in [0.25, 0.3) is 0 Å². The molecular weight excluding hydrogens is 176 g/mol. The lowest BCUT2D eigenvalue weighted by Crippen LogP contribution is -2.02. The molecule has 1 aromatic rings. The molecule has 0 aliphatic carbocycles. The van der Waals surface area contributed by atoms with Crippen LogP contribution in [-0.2, 0) is 11.2 Å². The van der Waals surface area contributed by atoms with Crippen LogP contribution in [0.15, 0.2) is 18.2 Å². The summed E-state index contributed by atoms with van der Waals surface area (Å²) in [6.07, 6.45) is 6.20. The molecule has 72 valence electrons. The van der Waals surface area contributed by atoms with Crippen molar-refractivity contribution in [2.75, 3.05) is 7.11 Å². The summed E-state index contributed by atoms with van der Waals surface area (Å²) in [5.41, 5.74) is 2.33. The molecule has 0 amide bonds. The summed E-state index contributed by atoms with van der Waals surface area (Å²) in [7, 11) is 1.35. The van der Waals surface area contributed by atoms with Gasteiger partial charge >= 0.3 is 5.97 Å². The van der Waals surface area contributed by atoms with Crippen molar-refractivity contribution in [2.24, 2.45) is 0 Å². The molecule has 0 aromatic heterocycles. The summed E-state index contributed by atoms with van der Waals surface area (Å²) in [5.74, 6) is 2.20. The summed E-state index contributed by atoms with van der Waals surface area (Å²) in [6, 6.07) is 5.28. The van der Waals surface area contributed by atoms with Gasteiger partial charge < -0.3 is 4.74 Å². The normalized spacial score (nSPS) is 9.21. The van der Waals surface area contributed by atoms with Gasteiger partial charge in [0.25, 0.3) is 0 Å². The van der Waals surface area contributed by atoms with E-state index in [4.69, 9.17) is 6.42 Å². The molecule has 0 atom stereocenters. The van der Waals surface area contributed by atoms with E-state index in [9.17, 15) is 4.79 Å². The zero-order valence-corrected chi connectivity index (χ0v) is 8.33. The first-order chi connectivity index (χ1) is 6.72. The molecule has 1 aromatic carbocycles. The molecular formula is C12H12O2. The molecule has 0 spiro atoms. The minimum Gasteiger partial charge on any atom is -0.465 e. The monoisotopic (exact) mass is 188 g/mol. The van der Waals surface area contributed by atoms with Crippen molar-refractivity contribution in [2.45, 2.75) is 13.3 Å². The van der Waals surface area contributed by atoms with Crippen molar-refractivity contribution < 1.29 is 9.53 Å². The van der Waals surface area contributed by atoms with E-state index < -0.39 is 0 Å². The molecule has 0 saturated carbocycles. The summed E-state index contributed by atoms with van der Waals surface area (Å²) in [5, 5.41) is 0. The Morgan fingerprint density at radius 1 is 1.57 bits per heavy atom. The minimum atomic E-state index is -0.357. The average molecular weight is 188 g/mol. The molecule has 0 fully saturated rings. The van der Waals surface area contributed by atoms with E-state index >= 15 is 0 Å². The van der Waals surface area contributed by atoms with Gasteiger partial charge in [0.15, 0.2) is 0 Å². The Morgan fingerprint density at radius 2 is 2.29 bits per heavy atom. The fraction of sp³-hybridized carbons (Fsp3) is 0.250. The van der Waals surface area contributed by atoms with Gasteiger partial charge in [-0.3, -0.25) is 0 Å². The van der Waals surface area contributed by atoms with Gasteiger partial charge in [-0.2, -0.15) is 0 Å². The topological polar surface area (TPSA) is 26.3 Å². The first kappa shape index (κ1) is 10.3. The van der Waals surface area contributed by atoms with E-state index in [2.05, 4.69) is 10.7 Å². The largest absolute Gasteiger partial charge is 0.465 e. The Bertz CT molecular complexity index is 386. The number of esters is 1. The molecule has 2 heteroatoms. The standard InChI is InChI=1S/C12H12O2/c1-4-9-6-7-11(12(13)14-3)8-10(9)5-2/h2,6-8H,4H2,1,3H3. The fourth-order valence-electron chi connectivity index (χ4n) is 1.26. The van der Waals surface area contributed by atoms with Crippen LogP contribution < -0.4 is 0 Å². The van der Waals surface area contributed by atoms with Gasteiger partial charge in [-0.05, 0) is 24.1 Å².